The third kappa shape index (κ3) is 1.25. The number of nitrogens with two attached hydrogens (primary N) is 1. The molecule has 0 aliphatic rings. The molecule has 0 radical (unpaired) electrons. The van der Waals surface area contributed by atoms with Crippen LogP contribution in [0.3, 0.4) is 0 Å². The monoisotopic (exact) mass is 276 g/mol. The summed E-state index contributed by atoms with van der Waals surface area (Å²) in [6, 6.07) is 7.81. The maximum absolute atomic E-state index is 5.94. The molecule has 0 amide bonds. The molecule has 3 rings (SSSR count). The van der Waals surface area contributed by atoms with Gasteiger partial charge in [0.2, 0.25) is 0 Å². The summed E-state index contributed by atoms with van der Waals surface area (Å²) in [6.07, 6.45) is 5.83. The number of hydrogen-bond acceptors (Lipinski definition) is 2. The van der Waals surface area contributed by atoms with Gasteiger partial charge in [-0.05, 0) is 40.2 Å². The van der Waals surface area contributed by atoms with Gasteiger partial charge in [0, 0.05) is 18.6 Å². The normalized spacial score (nSPS) is 11.1. The third-order valence-corrected chi connectivity index (χ3v) is 3.07. The van der Waals surface area contributed by atoms with Crippen molar-refractivity contribution in [3.05, 3.63) is 47.3 Å². The summed E-state index contributed by atoms with van der Waals surface area (Å²) in [7, 11) is 0. The molecule has 0 bridgehead atoms. The molecule has 80 valence electrons. The van der Waals surface area contributed by atoms with Crippen LogP contribution in [0.25, 0.3) is 11.5 Å². The number of nitrogens with zero attached hydrogens (tertiary/aromatic N) is 3. The van der Waals surface area contributed by atoms with E-state index in [0.29, 0.717) is 5.82 Å². The van der Waals surface area contributed by atoms with Gasteiger partial charge in [0.25, 0.3) is 0 Å². The van der Waals surface area contributed by atoms with Gasteiger partial charge in [0.05, 0.1) is 4.47 Å². The molecular weight excluding hydrogens is 268 g/mol. The number of halogens is 1. The molecule has 16 heavy (non-hydrogen) atoms. The molecule has 0 aliphatic heterocycles. The first kappa shape index (κ1) is 9.47. The number of hydrogen-bond donors (Lipinski definition) is 1. The summed E-state index contributed by atoms with van der Waals surface area (Å²) >= 11 is 3.46. The van der Waals surface area contributed by atoms with Crippen molar-refractivity contribution in [2.24, 2.45) is 0 Å². The predicted octanol–water partition coefficient (Wildman–Crippen LogP) is 2.47. The molecule has 0 aliphatic carbocycles. The molecule has 0 atom stereocenters. The van der Waals surface area contributed by atoms with Gasteiger partial charge in [-0.15, -0.1) is 0 Å². The molecular formula is C11H9BrN4. The van der Waals surface area contributed by atoms with E-state index in [1.165, 1.54) is 0 Å². The first-order valence-electron chi connectivity index (χ1n) is 4.83. The highest BCUT2D eigenvalue weighted by molar-refractivity contribution is 9.10. The second-order valence-corrected chi connectivity index (χ2v) is 4.32. The Hall–Kier alpha value is -1.75. The van der Waals surface area contributed by atoms with Gasteiger partial charge in [0.1, 0.15) is 0 Å². The van der Waals surface area contributed by atoms with Crippen LogP contribution in [0.15, 0.2) is 47.3 Å². The van der Waals surface area contributed by atoms with Gasteiger partial charge in [-0.3, -0.25) is 4.40 Å². The molecule has 0 aromatic carbocycles. The smallest absolute Gasteiger partial charge is 0.168 e. The Kier molecular flexibility index (Phi) is 2.00. The zero-order valence-electron chi connectivity index (χ0n) is 8.34. The topological polar surface area (TPSA) is 48.2 Å². The van der Waals surface area contributed by atoms with Gasteiger partial charge >= 0.3 is 0 Å². The minimum atomic E-state index is 0.517. The molecule has 3 aromatic heterocycles. The molecule has 0 unspecified atom stereocenters. The maximum Gasteiger partial charge on any atom is 0.168 e. The summed E-state index contributed by atoms with van der Waals surface area (Å²) in [5, 5.41) is 0. The van der Waals surface area contributed by atoms with E-state index in [0.717, 1.165) is 15.9 Å². The Morgan fingerprint density at radius 1 is 1.12 bits per heavy atom. The Morgan fingerprint density at radius 2 is 1.88 bits per heavy atom. The van der Waals surface area contributed by atoms with Crippen molar-refractivity contribution in [3.8, 4) is 5.82 Å². The quantitative estimate of drug-likeness (QED) is 0.742. The molecule has 2 N–H and O–H groups in total. The third-order valence-electron chi connectivity index (χ3n) is 2.45. The van der Waals surface area contributed by atoms with Crippen LogP contribution in [0.1, 0.15) is 0 Å². The van der Waals surface area contributed by atoms with Gasteiger partial charge in [-0.2, -0.15) is 0 Å². The van der Waals surface area contributed by atoms with E-state index in [4.69, 9.17) is 5.73 Å². The van der Waals surface area contributed by atoms with E-state index in [-0.39, 0.29) is 0 Å². The predicted molar refractivity (Wildman–Crippen MR) is 66.6 cm³/mol. The first-order chi connectivity index (χ1) is 7.77. The van der Waals surface area contributed by atoms with Crippen LogP contribution in [0.2, 0.25) is 0 Å². The van der Waals surface area contributed by atoms with Gasteiger partial charge in [-0.25, -0.2) is 4.98 Å². The number of anilines is 1. The number of nitrogen functional groups attached to an aromatic ring is 1. The minimum Gasteiger partial charge on any atom is -0.381 e. The van der Waals surface area contributed by atoms with Crippen LogP contribution in [0.5, 0.6) is 0 Å². The highest BCUT2D eigenvalue weighted by Crippen LogP contribution is 2.24. The number of aromatic nitrogens is 3. The Bertz CT molecular complexity index is 639. The summed E-state index contributed by atoms with van der Waals surface area (Å²) in [4.78, 5) is 4.34. The van der Waals surface area contributed by atoms with E-state index < -0.39 is 0 Å². The number of imidazole rings is 1. The molecule has 0 spiro atoms. The van der Waals surface area contributed by atoms with Crippen molar-refractivity contribution in [3.63, 3.8) is 0 Å². The first-order valence-corrected chi connectivity index (χ1v) is 5.62. The number of pyridine rings is 1. The Balaban J connectivity index is 2.41. The van der Waals surface area contributed by atoms with Crippen LogP contribution >= 0.6 is 15.9 Å². The summed E-state index contributed by atoms with van der Waals surface area (Å²) in [6.45, 7) is 0. The highest BCUT2D eigenvalue weighted by atomic mass is 79.9. The molecule has 0 fully saturated rings. The van der Waals surface area contributed by atoms with Gasteiger partial charge in [-0.1, -0.05) is 0 Å². The second kappa shape index (κ2) is 3.38. The fourth-order valence-electron chi connectivity index (χ4n) is 1.77. The van der Waals surface area contributed by atoms with Crippen molar-refractivity contribution in [2.75, 3.05) is 5.73 Å². The lowest BCUT2D eigenvalue weighted by atomic mass is 10.5. The average molecular weight is 277 g/mol. The fourth-order valence-corrected chi connectivity index (χ4v) is 2.20. The lowest BCUT2D eigenvalue weighted by Crippen LogP contribution is -1.99. The molecule has 0 saturated heterocycles. The lowest BCUT2D eigenvalue weighted by Gasteiger charge is -2.03. The Labute approximate surface area is 100 Å². The zero-order valence-corrected chi connectivity index (χ0v) is 9.92. The van der Waals surface area contributed by atoms with E-state index in [1.807, 2.05) is 51.8 Å². The van der Waals surface area contributed by atoms with Crippen molar-refractivity contribution in [1.29, 1.82) is 0 Å². The van der Waals surface area contributed by atoms with Crippen LogP contribution in [0, 0.1) is 0 Å². The van der Waals surface area contributed by atoms with Crippen molar-refractivity contribution >= 4 is 27.4 Å². The lowest BCUT2D eigenvalue weighted by molar-refractivity contribution is 0.981. The largest absolute Gasteiger partial charge is 0.381 e. The molecule has 4 nitrogen and oxygen atoms in total. The van der Waals surface area contributed by atoms with E-state index in [9.17, 15) is 0 Å². The van der Waals surface area contributed by atoms with Crippen molar-refractivity contribution in [1.82, 2.24) is 14.0 Å². The van der Waals surface area contributed by atoms with E-state index in [2.05, 4.69) is 20.9 Å². The van der Waals surface area contributed by atoms with Gasteiger partial charge in [0.15, 0.2) is 17.3 Å². The summed E-state index contributed by atoms with van der Waals surface area (Å²) in [5.74, 6) is 1.38. The van der Waals surface area contributed by atoms with Gasteiger partial charge < -0.3 is 10.3 Å². The molecule has 5 heteroatoms. The van der Waals surface area contributed by atoms with Crippen LogP contribution in [0.4, 0.5) is 5.82 Å². The second-order valence-electron chi connectivity index (χ2n) is 3.46. The summed E-state index contributed by atoms with van der Waals surface area (Å²) < 4.78 is 4.83. The van der Waals surface area contributed by atoms with Crippen LogP contribution < -0.4 is 5.73 Å². The van der Waals surface area contributed by atoms with Crippen LogP contribution in [-0.2, 0) is 0 Å². The molecule has 3 aromatic rings. The Morgan fingerprint density at radius 3 is 2.62 bits per heavy atom. The fraction of sp³-hybridized carbons (Fsp3) is 0. The van der Waals surface area contributed by atoms with Crippen molar-refractivity contribution < 1.29 is 0 Å². The average Bonchev–Trinajstić information content (AvgIpc) is 2.85. The van der Waals surface area contributed by atoms with Crippen LogP contribution in [-0.4, -0.2) is 14.0 Å². The minimum absolute atomic E-state index is 0.517. The van der Waals surface area contributed by atoms with E-state index in [1.54, 1.807) is 0 Å². The molecule has 3 heterocycles. The number of fused-ring (bicyclic) bond motifs is 1. The molecule has 0 saturated carbocycles. The highest BCUT2D eigenvalue weighted by Gasteiger charge is 2.11. The van der Waals surface area contributed by atoms with E-state index >= 15 is 0 Å². The zero-order chi connectivity index (χ0) is 11.1. The SMILES string of the molecule is Nc1nc2c(Br)cccn2c1-n1cccc1. The number of rotatable bonds is 1. The standard InChI is InChI=1S/C11H9BrN4/c12-8-4-3-7-16-10(8)14-9(13)11(16)15-5-1-2-6-15/h1-7H,13H2. The van der Waals surface area contributed by atoms with Crippen molar-refractivity contribution in [2.45, 2.75) is 0 Å². The maximum atomic E-state index is 5.94. The summed E-state index contributed by atoms with van der Waals surface area (Å²) in [5.41, 5.74) is 6.76.